The highest BCUT2D eigenvalue weighted by Gasteiger charge is 2.31. The molecule has 1 aliphatic heterocycles. The van der Waals surface area contributed by atoms with Crippen molar-refractivity contribution in [2.24, 2.45) is 0 Å². The van der Waals surface area contributed by atoms with E-state index in [0.717, 1.165) is 18.4 Å². The minimum Gasteiger partial charge on any atom is -0.508 e. The summed E-state index contributed by atoms with van der Waals surface area (Å²) in [6.45, 7) is 6.96. The number of amides is 2. The van der Waals surface area contributed by atoms with Gasteiger partial charge in [0.1, 0.15) is 23.7 Å². The molecule has 178 valence electrons. The number of benzene rings is 2. The van der Waals surface area contributed by atoms with Crippen molar-refractivity contribution in [2.75, 3.05) is 20.1 Å². The molecule has 1 saturated heterocycles. The molecule has 1 fully saturated rings. The van der Waals surface area contributed by atoms with Gasteiger partial charge in [0, 0.05) is 31.7 Å². The van der Waals surface area contributed by atoms with Crippen LogP contribution in [-0.2, 0) is 22.6 Å². The fourth-order valence-corrected chi connectivity index (χ4v) is 3.83. The minimum absolute atomic E-state index is 0.0845. The molecule has 33 heavy (non-hydrogen) atoms. The lowest BCUT2D eigenvalue weighted by Gasteiger charge is -2.38. The summed E-state index contributed by atoms with van der Waals surface area (Å²) in [5.41, 5.74) is 1.09. The summed E-state index contributed by atoms with van der Waals surface area (Å²) in [5, 5.41) is 9.97. The van der Waals surface area contributed by atoms with Crippen LogP contribution in [0.25, 0.3) is 0 Å². The van der Waals surface area contributed by atoms with Crippen LogP contribution < -0.4 is 4.74 Å². The van der Waals surface area contributed by atoms with Gasteiger partial charge in [-0.3, -0.25) is 4.79 Å². The Morgan fingerprint density at radius 3 is 2.58 bits per heavy atom. The van der Waals surface area contributed by atoms with E-state index in [1.165, 1.54) is 0 Å². The molecule has 1 atom stereocenters. The van der Waals surface area contributed by atoms with Gasteiger partial charge in [0.2, 0.25) is 5.91 Å². The summed E-state index contributed by atoms with van der Waals surface area (Å²) in [4.78, 5) is 28.9. The number of piperidine rings is 1. The average molecular weight is 455 g/mol. The van der Waals surface area contributed by atoms with E-state index in [1.54, 1.807) is 35.0 Å². The van der Waals surface area contributed by atoms with Gasteiger partial charge in [-0.15, -0.1) is 0 Å². The summed E-state index contributed by atoms with van der Waals surface area (Å²) in [7, 11) is 1.76. The molecular formula is C26H34N2O5. The Morgan fingerprint density at radius 2 is 1.88 bits per heavy atom. The number of hydrogen-bond donors (Lipinski definition) is 1. The lowest BCUT2D eigenvalue weighted by atomic mass is 10.0. The zero-order chi connectivity index (χ0) is 24.0. The molecule has 0 saturated carbocycles. The van der Waals surface area contributed by atoms with Crippen LogP contribution in [0.1, 0.15) is 44.7 Å². The van der Waals surface area contributed by atoms with Crippen LogP contribution in [0.5, 0.6) is 11.5 Å². The van der Waals surface area contributed by atoms with Crippen molar-refractivity contribution in [2.45, 2.75) is 58.3 Å². The SMILES string of the molecule is CN(C(=O)Cc1cc(O)ccc1OCc1ccccc1)C1CCCN(C(=O)OC(C)(C)C)C1. The Hall–Kier alpha value is -3.22. The molecule has 2 aromatic rings. The first-order chi connectivity index (χ1) is 15.6. The van der Waals surface area contributed by atoms with E-state index in [1.807, 2.05) is 51.1 Å². The van der Waals surface area contributed by atoms with Gasteiger partial charge >= 0.3 is 6.09 Å². The van der Waals surface area contributed by atoms with Gasteiger partial charge in [0.25, 0.3) is 0 Å². The van der Waals surface area contributed by atoms with Crippen molar-refractivity contribution >= 4 is 12.0 Å². The zero-order valence-corrected chi connectivity index (χ0v) is 19.9. The molecule has 1 heterocycles. The maximum Gasteiger partial charge on any atom is 0.410 e. The Morgan fingerprint density at radius 1 is 1.15 bits per heavy atom. The van der Waals surface area contributed by atoms with E-state index in [2.05, 4.69) is 0 Å². The van der Waals surface area contributed by atoms with E-state index in [-0.39, 0.29) is 30.2 Å². The van der Waals surface area contributed by atoms with Gasteiger partial charge in [-0.05, 0) is 57.4 Å². The van der Waals surface area contributed by atoms with Crippen LogP contribution in [0.4, 0.5) is 4.79 Å². The van der Waals surface area contributed by atoms with Gasteiger partial charge < -0.3 is 24.4 Å². The number of rotatable bonds is 6. The smallest absolute Gasteiger partial charge is 0.410 e. The molecule has 1 aliphatic rings. The highest BCUT2D eigenvalue weighted by molar-refractivity contribution is 5.80. The second kappa shape index (κ2) is 10.6. The lowest BCUT2D eigenvalue weighted by molar-refractivity contribution is -0.132. The highest BCUT2D eigenvalue weighted by Crippen LogP contribution is 2.26. The predicted molar refractivity (Wildman–Crippen MR) is 126 cm³/mol. The normalized spacial score (nSPS) is 16.2. The quantitative estimate of drug-likeness (QED) is 0.701. The number of carbonyl (C=O) groups is 2. The van der Waals surface area contributed by atoms with Crippen LogP contribution in [0.3, 0.4) is 0 Å². The van der Waals surface area contributed by atoms with Crippen LogP contribution in [0.2, 0.25) is 0 Å². The Bertz CT molecular complexity index is 955. The first-order valence-electron chi connectivity index (χ1n) is 11.3. The monoisotopic (exact) mass is 454 g/mol. The molecule has 2 amide bonds. The number of likely N-dealkylation sites (N-methyl/N-ethyl adjacent to an activating group) is 1. The van der Waals surface area contributed by atoms with Crippen LogP contribution in [0.15, 0.2) is 48.5 Å². The van der Waals surface area contributed by atoms with Crippen molar-refractivity contribution in [3.63, 3.8) is 0 Å². The summed E-state index contributed by atoms with van der Waals surface area (Å²) < 4.78 is 11.4. The van der Waals surface area contributed by atoms with Gasteiger partial charge in [0.15, 0.2) is 0 Å². The second-order valence-corrected chi connectivity index (χ2v) is 9.47. The lowest BCUT2D eigenvalue weighted by Crippen LogP contribution is -2.51. The highest BCUT2D eigenvalue weighted by atomic mass is 16.6. The summed E-state index contributed by atoms with van der Waals surface area (Å²) in [6, 6.07) is 14.5. The standard InChI is InChI=1S/C26H34N2O5/c1-26(2,3)33-25(31)28-14-8-11-21(17-28)27(4)24(30)16-20-15-22(29)12-13-23(20)32-18-19-9-6-5-7-10-19/h5-7,9-10,12-13,15,21,29H,8,11,14,16-18H2,1-4H3. The van der Waals surface area contributed by atoms with E-state index in [9.17, 15) is 14.7 Å². The van der Waals surface area contributed by atoms with Crippen molar-refractivity contribution in [1.29, 1.82) is 0 Å². The fraction of sp³-hybridized carbons (Fsp3) is 0.462. The van der Waals surface area contributed by atoms with Crippen molar-refractivity contribution in [1.82, 2.24) is 9.80 Å². The molecule has 2 aromatic carbocycles. The summed E-state index contributed by atoms with van der Waals surface area (Å²) in [5.74, 6) is 0.555. The molecule has 7 heteroatoms. The molecule has 0 bridgehead atoms. The molecule has 3 rings (SSSR count). The fourth-order valence-electron chi connectivity index (χ4n) is 3.83. The first-order valence-corrected chi connectivity index (χ1v) is 11.3. The molecule has 0 spiro atoms. The molecule has 0 aliphatic carbocycles. The predicted octanol–water partition coefficient (Wildman–Crippen LogP) is 4.37. The third-order valence-electron chi connectivity index (χ3n) is 5.61. The van der Waals surface area contributed by atoms with Crippen LogP contribution in [0, 0.1) is 0 Å². The van der Waals surface area contributed by atoms with E-state index < -0.39 is 5.60 Å². The number of ether oxygens (including phenoxy) is 2. The van der Waals surface area contributed by atoms with Crippen LogP contribution in [-0.4, -0.2) is 58.7 Å². The van der Waals surface area contributed by atoms with Crippen molar-refractivity contribution in [3.05, 3.63) is 59.7 Å². The third kappa shape index (κ3) is 7.14. The minimum atomic E-state index is -0.558. The first kappa shape index (κ1) is 24.4. The average Bonchev–Trinajstić information content (AvgIpc) is 2.77. The van der Waals surface area contributed by atoms with Gasteiger partial charge in [-0.2, -0.15) is 0 Å². The Kier molecular flexibility index (Phi) is 7.84. The number of aromatic hydroxyl groups is 1. The second-order valence-electron chi connectivity index (χ2n) is 9.47. The number of phenolic OH excluding ortho intramolecular Hbond substituents is 1. The third-order valence-corrected chi connectivity index (χ3v) is 5.61. The van der Waals surface area contributed by atoms with Gasteiger partial charge in [-0.25, -0.2) is 4.79 Å². The number of carbonyl (C=O) groups excluding carboxylic acids is 2. The van der Waals surface area contributed by atoms with Crippen molar-refractivity contribution < 1.29 is 24.2 Å². The molecule has 0 aromatic heterocycles. The number of hydrogen-bond acceptors (Lipinski definition) is 5. The molecule has 1 N–H and O–H groups in total. The molecule has 0 radical (unpaired) electrons. The summed E-state index contributed by atoms with van der Waals surface area (Å²) >= 11 is 0. The number of likely N-dealkylation sites (tertiary alicyclic amines) is 1. The van der Waals surface area contributed by atoms with Gasteiger partial charge in [0.05, 0.1) is 6.42 Å². The number of nitrogens with zero attached hydrogens (tertiary/aromatic N) is 2. The molecular weight excluding hydrogens is 420 g/mol. The topological polar surface area (TPSA) is 79.3 Å². The van der Waals surface area contributed by atoms with E-state index >= 15 is 0 Å². The Balaban J connectivity index is 1.64. The van der Waals surface area contributed by atoms with Crippen LogP contribution >= 0.6 is 0 Å². The maximum atomic E-state index is 13.1. The zero-order valence-electron chi connectivity index (χ0n) is 19.9. The maximum absolute atomic E-state index is 13.1. The van der Waals surface area contributed by atoms with E-state index in [0.29, 0.717) is 31.0 Å². The number of phenols is 1. The van der Waals surface area contributed by atoms with Crippen molar-refractivity contribution in [3.8, 4) is 11.5 Å². The molecule has 1 unspecified atom stereocenters. The van der Waals surface area contributed by atoms with E-state index in [4.69, 9.17) is 9.47 Å². The van der Waals surface area contributed by atoms with Gasteiger partial charge in [-0.1, -0.05) is 30.3 Å². The Labute approximate surface area is 195 Å². The summed E-state index contributed by atoms with van der Waals surface area (Å²) in [6.07, 6.45) is 1.37. The molecule has 7 nitrogen and oxygen atoms in total. The largest absolute Gasteiger partial charge is 0.508 e.